The number of carboxylic acid groups (broad SMARTS) is 1. The lowest BCUT2D eigenvalue weighted by Gasteiger charge is -2.38. The van der Waals surface area contributed by atoms with Crippen LogP contribution in [0.4, 0.5) is 0 Å². The number of allylic oxidation sites excluding steroid dienone is 5. The van der Waals surface area contributed by atoms with Gasteiger partial charge in [0.05, 0.1) is 5.60 Å². The van der Waals surface area contributed by atoms with Crippen LogP contribution in [0.15, 0.2) is 35.5 Å². The Hall–Kier alpha value is -1.35. The molecule has 0 aromatic rings. The Labute approximate surface area is 140 Å². The molecule has 0 bridgehead atoms. The lowest BCUT2D eigenvalue weighted by atomic mass is 9.62. The first-order chi connectivity index (χ1) is 10.6. The largest absolute Gasteiger partial charge is 0.478 e. The number of epoxide rings is 1. The number of aliphatic carboxylic acids is 1. The molecule has 2 aliphatic rings. The zero-order valence-electron chi connectivity index (χ0n) is 15.1. The van der Waals surface area contributed by atoms with Gasteiger partial charge in [-0.05, 0) is 63.9 Å². The third-order valence-corrected chi connectivity index (χ3v) is 5.72. The van der Waals surface area contributed by atoms with Gasteiger partial charge in [0.15, 0.2) is 0 Å². The summed E-state index contributed by atoms with van der Waals surface area (Å²) in [5.74, 6) is -0.906. The maximum atomic E-state index is 10.6. The topological polar surface area (TPSA) is 49.8 Å². The minimum atomic E-state index is -0.906. The molecule has 1 heterocycles. The summed E-state index contributed by atoms with van der Waals surface area (Å²) in [6.45, 7) is 10.9. The SMILES string of the molecule is CC(/C=C/C=C(\C)CCC12OC1(C)CCCC2(C)C)=C\C(=O)O. The molecule has 1 aliphatic carbocycles. The summed E-state index contributed by atoms with van der Waals surface area (Å²) in [4.78, 5) is 10.6. The van der Waals surface area contributed by atoms with Crippen LogP contribution in [-0.2, 0) is 9.53 Å². The quantitative estimate of drug-likeness (QED) is 0.424. The minimum Gasteiger partial charge on any atom is -0.478 e. The van der Waals surface area contributed by atoms with E-state index in [0.717, 1.165) is 18.4 Å². The molecule has 1 saturated heterocycles. The summed E-state index contributed by atoms with van der Waals surface area (Å²) in [6.07, 6.45) is 12.8. The first-order valence-electron chi connectivity index (χ1n) is 8.57. The average Bonchev–Trinajstić information content (AvgIpc) is 3.03. The number of hydrogen-bond donors (Lipinski definition) is 1. The van der Waals surface area contributed by atoms with E-state index in [1.54, 1.807) is 6.92 Å². The number of ether oxygens (including phenoxy) is 1. The molecule has 3 nitrogen and oxygen atoms in total. The fourth-order valence-corrected chi connectivity index (χ4v) is 4.25. The second-order valence-electron chi connectivity index (χ2n) is 8.00. The first-order valence-corrected chi connectivity index (χ1v) is 8.57. The minimum absolute atomic E-state index is 0.0379. The standard InChI is InChI=1S/C20H30O3/c1-15(8-6-9-16(2)14-17(21)22)10-13-20-18(3,4)11-7-12-19(20,5)23-20/h6,8-9,14H,7,10-13H2,1-5H3,(H,21,22)/b9-6+,15-8+,16-14+. The molecule has 0 radical (unpaired) electrons. The van der Waals surface area contributed by atoms with Gasteiger partial charge in [0.25, 0.3) is 0 Å². The Morgan fingerprint density at radius 3 is 2.52 bits per heavy atom. The molecule has 0 amide bonds. The summed E-state index contributed by atoms with van der Waals surface area (Å²) in [7, 11) is 0. The lowest BCUT2D eigenvalue weighted by Crippen LogP contribution is -2.42. The molecule has 3 heteroatoms. The van der Waals surface area contributed by atoms with Crippen LogP contribution >= 0.6 is 0 Å². The summed E-state index contributed by atoms with van der Waals surface area (Å²) < 4.78 is 6.29. The number of hydrogen-bond acceptors (Lipinski definition) is 2. The van der Waals surface area contributed by atoms with Gasteiger partial charge in [0.2, 0.25) is 0 Å². The van der Waals surface area contributed by atoms with E-state index in [1.807, 2.05) is 12.2 Å². The molecule has 0 aromatic carbocycles. The second kappa shape index (κ2) is 6.27. The van der Waals surface area contributed by atoms with E-state index in [4.69, 9.17) is 9.84 Å². The highest BCUT2D eigenvalue weighted by Crippen LogP contribution is 2.67. The van der Waals surface area contributed by atoms with E-state index in [9.17, 15) is 4.79 Å². The van der Waals surface area contributed by atoms with Gasteiger partial charge in [-0.15, -0.1) is 0 Å². The van der Waals surface area contributed by atoms with Gasteiger partial charge in [-0.25, -0.2) is 4.79 Å². The molecule has 2 fully saturated rings. The number of carboxylic acids is 1. The van der Waals surface area contributed by atoms with E-state index in [-0.39, 0.29) is 16.6 Å². The van der Waals surface area contributed by atoms with Crippen LogP contribution in [0.2, 0.25) is 0 Å². The normalized spacial score (nSPS) is 33.6. The maximum Gasteiger partial charge on any atom is 0.328 e. The van der Waals surface area contributed by atoms with Crippen molar-refractivity contribution in [3.8, 4) is 0 Å². The van der Waals surface area contributed by atoms with E-state index in [1.165, 1.54) is 30.9 Å². The lowest BCUT2D eigenvalue weighted by molar-refractivity contribution is -0.131. The van der Waals surface area contributed by atoms with Gasteiger partial charge in [0.1, 0.15) is 5.60 Å². The zero-order chi connectivity index (χ0) is 17.3. The molecular weight excluding hydrogens is 288 g/mol. The maximum absolute atomic E-state index is 10.6. The van der Waals surface area contributed by atoms with Gasteiger partial charge in [-0.1, -0.05) is 37.6 Å². The van der Waals surface area contributed by atoms with Gasteiger partial charge in [-0.3, -0.25) is 0 Å². The number of fused-ring (bicyclic) bond motifs is 1. The summed E-state index contributed by atoms with van der Waals surface area (Å²) >= 11 is 0. The average molecular weight is 318 g/mol. The third kappa shape index (κ3) is 3.60. The van der Waals surface area contributed by atoms with Crippen LogP contribution in [0.5, 0.6) is 0 Å². The predicted octanol–water partition coefficient (Wildman–Crippen LogP) is 5.04. The van der Waals surface area contributed by atoms with Gasteiger partial charge >= 0.3 is 5.97 Å². The van der Waals surface area contributed by atoms with Crippen molar-refractivity contribution in [1.29, 1.82) is 0 Å². The van der Waals surface area contributed by atoms with Crippen molar-refractivity contribution in [2.45, 2.75) is 77.9 Å². The molecule has 1 N–H and O–H groups in total. The predicted molar refractivity (Wildman–Crippen MR) is 93.4 cm³/mol. The number of rotatable bonds is 6. The molecule has 2 atom stereocenters. The van der Waals surface area contributed by atoms with Gasteiger partial charge < -0.3 is 9.84 Å². The highest BCUT2D eigenvalue weighted by molar-refractivity contribution is 5.81. The number of carbonyl (C=O) groups is 1. The molecule has 23 heavy (non-hydrogen) atoms. The summed E-state index contributed by atoms with van der Waals surface area (Å²) in [5.41, 5.74) is 2.41. The summed E-state index contributed by atoms with van der Waals surface area (Å²) in [6, 6.07) is 0. The van der Waals surface area contributed by atoms with Crippen molar-refractivity contribution >= 4 is 5.97 Å². The molecule has 128 valence electrons. The molecule has 2 unspecified atom stereocenters. The molecule has 1 saturated carbocycles. The van der Waals surface area contributed by atoms with Crippen molar-refractivity contribution in [3.63, 3.8) is 0 Å². The second-order valence-corrected chi connectivity index (χ2v) is 8.00. The highest BCUT2D eigenvalue weighted by atomic mass is 16.6. The van der Waals surface area contributed by atoms with Gasteiger partial charge in [-0.2, -0.15) is 0 Å². The van der Waals surface area contributed by atoms with Gasteiger partial charge in [0, 0.05) is 6.08 Å². The smallest absolute Gasteiger partial charge is 0.328 e. The Balaban J connectivity index is 1.94. The van der Waals surface area contributed by atoms with Crippen molar-refractivity contribution in [3.05, 3.63) is 35.5 Å². The molecule has 0 aromatic heterocycles. The van der Waals surface area contributed by atoms with Crippen LogP contribution in [0.3, 0.4) is 0 Å². The van der Waals surface area contributed by atoms with Crippen LogP contribution in [0.1, 0.15) is 66.7 Å². The third-order valence-electron chi connectivity index (χ3n) is 5.72. The molecule has 2 rings (SSSR count). The highest BCUT2D eigenvalue weighted by Gasteiger charge is 2.73. The molecule has 1 aliphatic heterocycles. The summed E-state index contributed by atoms with van der Waals surface area (Å²) in [5, 5.41) is 8.69. The zero-order valence-corrected chi connectivity index (χ0v) is 15.1. The molecular formula is C20H30O3. The van der Waals surface area contributed by atoms with E-state index < -0.39 is 5.97 Å². The monoisotopic (exact) mass is 318 g/mol. The van der Waals surface area contributed by atoms with E-state index in [0.29, 0.717) is 0 Å². The van der Waals surface area contributed by atoms with Crippen LogP contribution in [0.25, 0.3) is 0 Å². The van der Waals surface area contributed by atoms with Crippen LogP contribution < -0.4 is 0 Å². The Morgan fingerprint density at radius 2 is 1.91 bits per heavy atom. The first kappa shape index (κ1) is 18.0. The van der Waals surface area contributed by atoms with Crippen molar-refractivity contribution in [2.75, 3.05) is 0 Å². The fourth-order valence-electron chi connectivity index (χ4n) is 4.25. The van der Waals surface area contributed by atoms with E-state index >= 15 is 0 Å². The van der Waals surface area contributed by atoms with Crippen LogP contribution in [-0.4, -0.2) is 22.3 Å². The Kier molecular flexibility index (Phi) is 4.91. The Morgan fingerprint density at radius 1 is 1.22 bits per heavy atom. The Bertz CT molecular complexity index is 567. The fraction of sp³-hybridized carbons (Fsp3) is 0.650. The molecule has 0 spiro atoms. The van der Waals surface area contributed by atoms with Crippen LogP contribution in [0, 0.1) is 5.41 Å². The van der Waals surface area contributed by atoms with Crippen molar-refractivity contribution in [2.24, 2.45) is 5.41 Å². The van der Waals surface area contributed by atoms with E-state index in [2.05, 4.69) is 33.8 Å². The van der Waals surface area contributed by atoms with Crippen molar-refractivity contribution in [1.82, 2.24) is 0 Å². The van der Waals surface area contributed by atoms with Crippen molar-refractivity contribution < 1.29 is 14.6 Å².